The van der Waals surface area contributed by atoms with E-state index in [2.05, 4.69) is 12.2 Å². The van der Waals surface area contributed by atoms with Gasteiger partial charge in [-0.2, -0.15) is 16.1 Å². The third kappa shape index (κ3) is 6.38. The number of rotatable bonds is 12. The molecule has 1 heterocycles. The average molecular weight is 474 g/mol. The van der Waals surface area contributed by atoms with Crippen LogP contribution >= 0.6 is 23.5 Å². The molecule has 30 heavy (non-hydrogen) atoms. The van der Waals surface area contributed by atoms with Gasteiger partial charge in [-0.05, 0) is 42.5 Å². The fourth-order valence-corrected chi connectivity index (χ4v) is 6.31. The van der Waals surface area contributed by atoms with Crippen LogP contribution in [0.5, 0.6) is 0 Å². The number of hydrogen-bond donors (Lipinski definition) is 1. The van der Waals surface area contributed by atoms with E-state index < -0.39 is 10.0 Å². The Kier molecular flexibility index (Phi) is 9.99. The van der Waals surface area contributed by atoms with Crippen LogP contribution in [0.1, 0.15) is 33.6 Å². The Morgan fingerprint density at radius 2 is 1.97 bits per heavy atom. The van der Waals surface area contributed by atoms with E-state index in [1.165, 1.54) is 27.0 Å². The molecule has 2 amide bonds. The molecule has 0 spiro atoms. The van der Waals surface area contributed by atoms with Crippen molar-refractivity contribution in [3.63, 3.8) is 0 Å². The van der Waals surface area contributed by atoms with E-state index in [4.69, 9.17) is 0 Å². The van der Waals surface area contributed by atoms with E-state index in [1.807, 2.05) is 11.8 Å². The average Bonchev–Trinajstić information content (AvgIpc) is 2.73. The summed E-state index contributed by atoms with van der Waals surface area (Å²) in [5, 5.41) is 2.86. The summed E-state index contributed by atoms with van der Waals surface area (Å²) in [5.74, 6) is 1.90. The fourth-order valence-electron chi connectivity index (χ4n) is 3.08. The zero-order valence-corrected chi connectivity index (χ0v) is 20.3. The summed E-state index contributed by atoms with van der Waals surface area (Å²) in [6, 6.07) is 4.81. The molecule has 0 unspecified atom stereocenters. The molecule has 2 rings (SSSR count). The molecule has 0 saturated carbocycles. The van der Waals surface area contributed by atoms with Crippen molar-refractivity contribution in [2.45, 2.75) is 43.4 Å². The van der Waals surface area contributed by atoms with Crippen LogP contribution in [0, 0.1) is 0 Å². The summed E-state index contributed by atoms with van der Waals surface area (Å²) in [6.45, 7) is 6.91. The number of benzene rings is 1. The maximum Gasteiger partial charge on any atom is 0.243 e. The number of carbonyl (C=O) groups excluding carboxylic acids is 2. The molecule has 168 valence electrons. The molecule has 1 aromatic carbocycles. The lowest BCUT2D eigenvalue weighted by atomic mass is 10.2. The minimum atomic E-state index is -3.65. The number of amides is 2. The van der Waals surface area contributed by atoms with Gasteiger partial charge in [0.15, 0.2) is 0 Å². The van der Waals surface area contributed by atoms with Crippen LogP contribution in [-0.2, 0) is 19.6 Å². The Morgan fingerprint density at radius 1 is 1.23 bits per heavy atom. The van der Waals surface area contributed by atoms with Crippen LogP contribution in [0.25, 0.3) is 0 Å². The van der Waals surface area contributed by atoms with Gasteiger partial charge in [-0.25, -0.2) is 8.42 Å². The molecule has 7 nitrogen and oxygen atoms in total. The summed E-state index contributed by atoms with van der Waals surface area (Å²) < 4.78 is 27.1. The molecular weight excluding hydrogens is 442 g/mol. The zero-order valence-electron chi connectivity index (χ0n) is 17.8. The molecule has 1 aliphatic rings. The molecule has 1 aromatic rings. The van der Waals surface area contributed by atoms with Crippen LogP contribution in [0.2, 0.25) is 0 Å². The highest BCUT2D eigenvalue weighted by Gasteiger charge is 2.29. The normalized spacial score (nSPS) is 14.1. The minimum Gasteiger partial charge on any atom is -0.355 e. The third-order valence-electron chi connectivity index (χ3n) is 4.65. The highest BCUT2D eigenvalue weighted by Crippen LogP contribution is 2.37. The number of sulfonamides is 1. The van der Waals surface area contributed by atoms with Gasteiger partial charge in [0, 0.05) is 24.5 Å². The SMILES string of the molecule is CCCSCCCNC(=O)CN1C(=O)CSc2ccc(S(=O)(=O)N(CC)CC)cc21. The second-order valence-electron chi connectivity index (χ2n) is 6.80. The van der Waals surface area contributed by atoms with E-state index in [-0.39, 0.29) is 29.0 Å². The number of fused-ring (bicyclic) bond motifs is 1. The second kappa shape index (κ2) is 12.0. The highest BCUT2D eigenvalue weighted by atomic mass is 32.2. The Labute approximate surface area is 188 Å². The molecule has 1 N–H and O–H groups in total. The topological polar surface area (TPSA) is 86.8 Å². The first-order valence-electron chi connectivity index (χ1n) is 10.3. The number of nitrogens with zero attached hydrogens (tertiary/aromatic N) is 2. The van der Waals surface area contributed by atoms with Crippen molar-refractivity contribution in [2.24, 2.45) is 0 Å². The van der Waals surface area contributed by atoms with E-state index in [0.717, 1.165) is 29.2 Å². The van der Waals surface area contributed by atoms with Gasteiger partial charge in [-0.3, -0.25) is 9.59 Å². The quantitative estimate of drug-likeness (QED) is 0.470. The minimum absolute atomic E-state index is 0.108. The summed E-state index contributed by atoms with van der Waals surface area (Å²) in [4.78, 5) is 27.2. The van der Waals surface area contributed by atoms with Gasteiger partial charge in [0.25, 0.3) is 0 Å². The maximum atomic E-state index is 12.9. The van der Waals surface area contributed by atoms with Gasteiger partial charge in [-0.15, -0.1) is 11.8 Å². The molecule has 0 aliphatic carbocycles. The zero-order chi connectivity index (χ0) is 22.1. The molecule has 10 heteroatoms. The first-order valence-corrected chi connectivity index (χ1v) is 13.8. The summed E-state index contributed by atoms with van der Waals surface area (Å²) in [6.07, 6.45) is 2.01. The van der Waals surface area contributed by atoms with Gasteiger partial charge >= 0.3 is 0 Å². The highest BCUT2D eigenvalue weighted by molar-refractivity contribution is 8.00. The third-order valence-corrected chi connectivity index (χ3v) is 9.02. The van der Waals surface area contributed by atoms with Crippen molar-refractivity contribution in [3.05, 3.63) is 18.2 Å². The Balaban J connectivity index is 2.12. The smallest absolute Gasteiger partial charge is 0.243 e. The number of nitrogens with one attached hydrogen (secondary N) is 1. The molecule has 0 radical (unpaired) electrons. The number of hydrogen-bond acceptors (Lipinski definition) is 6. The predicted octanol–water partition coefficient (Wildman–Crippen LogP) is 2.81. The monoisotopic (exact) mass is 473 g/mol. The van der Waals surface area contributed by atoms with Gasteiger partial charge in [-0.1, -0.05) is 20.8 Å². The Bertz CT molecular complexity index is 842. The van der Waals surface area contributed by atoms with Crippen LogP contribution in [0.3, 0.4) is 0 Å². The van der Waals surface area contributed by atoms with Crippen LogP contribution < -0.4 is 10.2 Å². The van der Waals surface area contributed by atoms with Gasteiger partial charge in [0.05, 0.1) is 16.3 Å². The van der Waals surface area contributed by atoms with Crippen molar-refractivity contribution < 1.29 is 18.0 Å². The molecule has 0 atom stereocenters. The molecular formula is C20H31N3O4S3. The summed E-state index contributed by atoms with van der Waals surface area (Å²) >= 11 is 3.22. The Morgan fingerprint density at radius 3 is 2.63 bits per heavy atom. The molecule has 0 aromatic heterocycles. The first kappa shape index (κ1) is 25.0. The van der Waals surface area contributed by atoms with Crippen LogP contribution in [0.4, 0.5) is 5.69 Å². The molecule has 1 aliphatic heterocycles. The first-order chi connectivity index (χ1) is 14.3. The van der Waals surface area contributed by atoms with Crippen molar-refractivity contribution in [2.75, 3.05) is 48.3 Å². The van der Waals surface area contributed by atoms with Gasteiger partial charge in [0.1, 0.15) is 6.54 Å². The van der Waals surface area contributed by atoms with E-state index >= 15 is 0 Å². The van der Waals surface area contributed by atoms with Crippen molar-refractivity contribution in [3.8, 4) is 0 Å². The number of thioether (sulfide) groups is 2. The van der Waals surface area contributed by atoms with Crippen molar-refractivity contribution in [1.29, 1.82) is 0 Å². The molecule has 0 saturated heterocycles. The summed E-state index contributed by atoms with van der Waals surface area (Å²) in [7, 11) is -3.65. The lowest BCUT2D eigenvalue weighted by molar-refractivity contribution is -0.122. The van der Waals surface area contributed by atoms with E-state index in [9.17, 15) is 18.0 Å². The predicted molar refractivity (Wildman–Crippen MR) is 125 cm³/mol. The number of anilines is 1. The fraction of sp³-hybridized carbons (Fsp3) is 0.600. The van der Waals surface area contributed by atoms with Gasteiger partial charge in [0.2, 0.25) is 21.8 Å². The van der Waals surface area contributed by atoms with E-state index in [1.54, 1.807) is 26.0 Å². The number of carbonyl (C=O) groups is 2. The van der Waals surface area contributed by atoms with Crippen molar-refractivity contribution >= 4 is 51.0 Å². The lowest BCUT2D eigenvalue weighted by Gasteiger charge is -2.29. The lowest BCUT2D eigenvalue weighted by Crippen LogP contribution is -2.43. The second-order valence-corrected chi connectivity index (χ2v) is 11.0. The standard InChI is InChI=1S/C20H31N3O4S3/c1-4-11-28-12-7-10-21-19(24)14-23-17-13-16(30(26,27)22(5-2)6-3)8-9-18(17)29-15-20(23)25/h8-9,13H,4-7,10-12,14-15H2,1-3H3,(H,21,24). The van der Waals surface area contributed by atoms with Gasteiger partial charge < -0.3 is 10.2 Å². The van der Waals surface area contributed by atoms with E-state index in [0.29, 0.717) is 25.3 Å². The molecule has 0 bridgehead atoms. The largest absolute Gasteiger partial charge is 0.355 e. The van der Waals surface area contributed by atoms with Crippen LogP contribution in [-0.4, -0.2) is 68.0 Å². The van der Waals surface area contributed by atoms with Crippen LogP contribution in [0.15, 0.2) is 28.0 Å². The molecule has 0 fully saturated rings. The van der Waals surface area contributed by atoms with Crippen molar-refractivity contribution in [1.82, 2.24) is 9.62 Å². The maximum absolute atomic E-state index is 12.9. The Hall–Kier alpha value is -1.23. The summed E-state index contributed by atoms with van der Waals surface area (Å²) in [5.41, 5.74) is 0.484.